The van der Waals surface area contributed by atoms with Crippen LogP contribution >= 0.6 is 0 Å². The van der Waals surface area contributed by atoms with Gasteiger partial charge in [-0.05, 0) is 43.2 Å². The Morgan fingerprint density at radius 1 is 1.10 bits per heavy atom. The minimum atomic E-state index is -4.16. The summed E-state index contributed by atoms with van der Waals surface area (Å²) in [7, 11) is -2.61. The molecule has 0 saturated carbocycles. The number of nitrogens with one attached hydrogen (secondary N) is 1. The van der Waals surface area contributed by atoms with E-state index in [1.165, 1.54) is 18.2 Å². The summed E-state index contributed by atoms with van der Waals surface area (Å²) in [5.41, 5.74) is 0.798. The molecule has 1 aromatic heterocycles. The molecule has 0 bridgehead atoms. The van der Waals surface area contributed by atoms with E-state index in [-0.39, 0.29) is 4.90 Å². The summed E-state index contributed by atoms with van der Waals surface area (Å²) >= 11 is 0. The molecule has 0 saturated heterocycles. The molecule has 0 amide bonds. The van der Waals surface area contributed by atoms with Gasteiger partial charge >= 0.3 is 0 Å². The van der Waals surface area contributed by atoms with E-state index in [1.807, 2.05) is 24.3 Å². The summed E-state index contributed by atoms with van der Waals surface area (Å²) in [6, 6.07) is 14.4. The van der Waals surface area contributed by atoms with Crippen LogP contribution in [0.25, 0.3) is 11.1 Å². The molecule has 156 valence electrons. The van der Waals surface area contributed by atoms with Gasteiger partial charge in [0.15, 0.2) is 4.90 Å². The third-order valence-electron chi connectivity index (χ3n) is 4.64. The van der Waals surface area contributed by atoms with Gasteiger partial charge in [0.25, 0.3) is 5.69 Å². The maximum atomic E-state index is 13.0. The largest absolute Gasteiger partial charge is 0.494 e. The monoisotopic (exact) mass is 427 g/mol. The van der Waals surface area contributed by atoms with E-state index in [2.05, 4.69) is 9.71 Å². The standard InChI is InChI=1S/C21H21N3O5S/c1-21(2,23-30(27,28)20-10-5-4-9-18(20)24(25)26)16-8-6-7-15(13-16)17-11-12-22-14-19(17)29-3/h4-14,23H,1-3H3. The second kappa shape index (κ2) is 8.21. The molecule has 0 spiro atoms. The minimum absolute atomic E-state index is 0.380. The molecular formula is C21H21N3O5S. The maximum absolute atomic E-state index is 13.0. The van der Waals surface area contributed by atoms with Crippen LogP contribution in [0, 0.1) is 10.1 Å². The van der Waals surface area contributed by atoms with Crippen molar-refractivity contribution in [1.82, 2.24) is 9.71 Å². The van der Waals surface area contributed by atoms with E-state index in [0.717, 1.165) is 17.2 Å². The Kier molecular flexibility index (Phi) is 5.86. The highest BCUT2D eigenvalue weighted by atomic mass is 32.2. The van der Waals surface area contributed by atoms with E-state index in [1.54, 1.807) is 39.4 Å². The fraction of sp³-hybridized carbons (Fsp3) is 0.190. The number of pyridine rings is 1. The third-order valence-corrected chi connectivity index (χ3v) is 6.34. The number of benzene rings is 2. The second-order valence-corrected chi connectivity index (χ2v) is 8.76. The van der Waals surface area contributed by atoms with Gasteiger partial charge in [-0.2, -0.15) is 0 Å². The normalized spacial score (nSPS) is 11.8. The molecule has 0 aliphatic heterocycles. The molecule has 0 fully saturated rings. The molecule has 1 N–H and O–H groups in total. The van der Waals surface area contributed by atoms with Crippen molar-refractivity contribution in [3.63, 3.8) is 0 Å². The molecule has 0 aliphatic rings. The zero-order valence-electron chi connectivity index (χ0n) is 16.7. The third kappa shape index (κ3) is 4.32. The van der Waals surface area contributed by atoms with Gasteiger partial charge in [-0.1, -0.05) is 30.3 Å². The molecule has 2 aromatic carbocycles. The fourth-order valence-corrected chi connectivity index (χ4v) is 4.72. The van der Waals surface area contributed by atoms with Crippen LogP contribution < -0.4 is 9.46 Å². The molecule has 30 heavy (non-hydrogen) atoms. The predicted molar refractivity (Wildman–Crippen MR) is 113 cm³/mol. The molecular weight excluding hydrogens is 406 g/mol. The van der Waals surface area contributed by atoms with Gasteiger partial charge in [-0.3, -0.25) is 15.1 Å². The van der Waals surface area contributed by atoms with Crippen LogP contribution in [0.5, 0.6) is 5.75 Å². The van der Waals surface area contributed by atoms with Crippen LogP contribution in [0.2, 0.25) is 0 Å². The van der Waals surface area contributed by atoms with Crippen LogP contribution in [0.1, 0.15) is 19.4 Å². The van der Waals surface area contributed by atoms with Crippen LogP contribution in [0.15, 0.2) is 71.9 Å². The Morgan fingerprint density at radius 3 is 2.53 bits per heavy atom. The zero-order valence-corrected chi connectivity index (χ0v) is 17.5. The van der Waals surface area contributed by atoms with Crippen LogP contribution in [0.3, 0.4) is 0 Å². The molecule has 3 rings (SSSR count). The molecule has 9 heteroatoms. The maximum Gasteiger partial charge on any atom is 0.289 e. The number of nitro groups is 1. The minimum Gasteiger partial charge on any atom is -0.494 e. The number of sulfonamides is 1. The smallest absolute Gasteiger partial charge is 0.289 e. The van der Waals surface area contributed by atoms with Gasteiger partial charge in [0.05, 0.1) is 23.8 Å². The van der Waals surface area contributed by atoms with Crippen LogP contribution in [-0.2, 0) is 15.6 Å². The Bertz CT molecular complexity index is 1190. The number of para-hydroxylation sites is 1. The van der Waals surface area contributed by atoms with Crippen LogP contribution in [0.4, 0.5) is 5.69 Å². The zero-order chi connectivity index (χ0) is 21.9. The Balaban J connectivity index is 2.00. The summed E-state index contributed by atoms with van der Waals surface area (Å²) < 4.78 is 33.9. The lowest BCUT2D eigenvalue weighted by atomic mass is 9.92. The van der Waals surface area contributed by atoms with Crippen molar-refractivity contribution in [3.05, 3.63) is 82.7 Å². The average molecular weight is 427 g/mol. The quantitative estimate of drug-likeness (QED) is 0.452. The average Bonchev–Trinajstić information content (AvgIpc) is 2.73. The lowest BCUT2D eigenvalue weighted by Gasteiger charge is -2.27. The molecule has 0 atom stereocenters. The van der Waals surface area contributed by atoms with Crippen LogP contribution in [-0.4, -0.2) is 25.4 Å². The number of hydrogen-bond acceptors (Lipinski definition) is 6. The van der Waals surface area contributed by atoms with Crippen molar-refractivity contribution in [3.8, 4) is 16.9 Å². The first-order chi connectivity index (χ1) is 14.2. The first kappa shape index (κ1) is 21.4. The number of nitrogens with zero attached hydrogens (tertiary/aromatic N) is 2. The number of rotatable bonds is 7. The van der Waals surface area contributed by atoms with Crippen molar-refractivity contribution >= 4 is 15.7 Å². The lowest BCUT2D eigenvalue weighted by molar-refractivity contribution is -0.387. The topological polar surface area (TPSA) is 111 Å². The van der Waals surface area contributed by atoms with Gasteiger partial charge in [0.1, 0.15) is 5.75 Å². The molecule has 3 aromatic rings. The summed E-state index contributed by atoms with van der Waals surface area (Å²) in [6.07, 6.45) is 3.25. The number of ether oxygens (including phenoxy) is 1. The van der Waals surface area contributed by atoms with E-state index >= 15 is 0 Å². The van der Waals surface area contributed by atoms with Gasteiger partial charge in [-0.15, -0.1) is 0 Å². The number of methoxy groups -OCH3 is 1. The first-order valence-electron chi connectivity index (χ1n) is 9.02. The Labute approximate surface area is 174 Å². The Hall–Kier alpha value is -3.30. The van der Waals surface area contributed by atoms with Gasteiger partial charge in [0, 0.05) is 17.8 Å². The SMILES string of the molecule is COc1cnccc1-c1cccc(C(C)(C)NS(=O)(=O)c2ccccc2[N+](=O)[O-])c1. The molecule has 1 heterocycles. The van der Waals surface area contributed by atoms with Gasteiger partial charge < -0.3 is 4.74 Å². The van der Waals surface area contributed by atoms with E-state index in [0.29, 0.717) is 11.3 Å². The fourth-order valence-electron chi connectivity index (χ4n) is 3.14. The number of nitro benzene ring substituents is 1. The lowest BCUT2D eigenvalue weighted by Crippen LogP contribution is -2.41. The number of hydrogen-bond donors (Lipinski definition) is 1. The summed E-state index contributed by atoms with van der Waals surface area (Å²) in [6.45, 7) is 3.39. The van der Waals surface area contributed by atoms with E-state index < -0.39 is 26.2 Å². The summed E-state index contributed by atoms with van der Waals surface area (Å²) in [5.74, 6) is 0.591. The second-order valence-electron chi connectivity index (χ2n) is 7.11. The molecule has 0 radical (unpaired) electrons. The van der Waals surface area contributed by atoms with Gasteiger partial charge in [-0.25, -0.2) is 13.1 Å². The van der Waals surface area contributed by atoms with Crippen molar-refractivity contribution in [2.24, 2.45) is 0 Å². The van der Waals surface area contributed by atoms with Gasteiger partial charge in [0.2, 0.25) is 10.0 Å². The van der Waals surface area contributed by atoms with E-state index in [9.17, 15) is 18.5 Å². The Morgan fingerprint density at radius 2 is 1.83 bits per heavy atom. The first-order valence-corrected chi connectivity index (χ1v) is 10.5. The highest BCUT2D eigenvalue weighted by Gasteiger charge is 2.32. The van der Waals surface area contributed by atoms with E-state index in [4.69, 9.17) is 4.74 Å². The highest BCUT2D eigenvalue weighted by molar-refractivity contribution is 7.89. The molecule has 8 nitrogen and oxygen atoms in total. The summed E-state index contributed by atoms with van der Waals surface area (Å²) in [5, 5.41) is 11.3. The van der Waals surface area contributed by atoms with Crippen molar-refractivity contribution in [1.29, 1.82) is 0 Å². The van der Waals surface area contributed by atoms with Crippen molar-refractivity contribution in [2.75, 3.05) is 7.11 Å². The van der Waals surface area contributed by atoms with Crippen molar-refractivity contribution in [2.45, 2.75) is 24.3 Å². The molecule has 0 aliphatic carbocycles. The highest BCUT2D eigenvalue weighted by Crippen LogP contribution is 2.33. The molecule has 0 unspecified atom stereocenters. The number of aromatic nitrogens is 1. The summed E-state index contributed by atoms with van der Waals surface area (Å²) in [4.78, 5) is 14.2. The van der Waals surface area contributed by atoms with Crippen molar-refractivity contribution < 1.29 is 18.1 Å². The predicted octanol–water partition coefficient (Wildman–Crippen LogP) is 3.88.